The maximum absolute atomic E-state index is 12.7. The number of halogens is 3. The Morgan fingerprint density at radius 1 is 1.12 bits per heavy atom. The van der Waals surface area contributed by atoms with Crippen LogP contribution in [0.4, 0.5) is 24.5 Å². The van der Waals surface area contributed by atoms with Crippen LogP contribution in [0.3, 0.4) is 0 Å². The highest BCUT2D eigenvalue weighted by Gasteiger charge is 2.33. The van der Waals surface area contributed by atoms with Crippen LogP contribution in [0.25, 0.3) is 11.4 Å². The number of nitrogens with one attached hydrogen (secondary N) is 2. The van der Waals surface area contributed by atoms with Gasteiger partial charge < -0.3 is 15.2 Å². The van der Waals surface area contributed by atoms with Gasteiger partial charge in [0.15, 0.2) is 0 Å². The van der Waals surface area contributed by atoms with Gasteiger partial charge in [-0.1, -0.05) is 35.5 Å². The summed E-state index contributed by atoms with van der Waals surface area (Å²) in [6, 6.07) is 11.5. The number of amides is 1. The molecule has 0 bridgehead atoms. The number of aromatic nitrogens is 2. The molecule has 0 radical (unpaired) electrons. The lowest BCUT2D eigenvalue weighted by molar-refractivity contribution is -0.384. The van der Waals surface area contributed by atoms with Crippen LogP contribution in [0.5, 0.6) is 0 Å². The molecule has 0 aliphatic heterocycles. The molecule has 0 saturated carbocycles. The Labute approximate surface area is 186 Å². The molecule has 1 heterocycles. The van der Waals surface area contributed by atoms with Gasteiger partial charge in [0.2, 0.25) is 17.6 Å². The van der Waals surface area contributed by atoms with Crippen LogP contribution in [-0.4, -0.2) is 34.1 Å². The molecule has 0 aliphatic rings. The molecular formula is C21H20F3N5O4. The van der Waals surface area contributed by atoms with E-state index < -0.39 is 22.4 Å². The van der Waals surface area contributed by atoms with Crippen LogP contribution in [0, 0.1) is 10.1 Å². The predicted molar refractivity (Wildman–Crippen MR) is 112 cm³/mol. The highest BCUT2D eigenvalue weighted by Crippen LogP contribution is 2.34. The number of nitro groups is 1. The highest BCUT2D eigenvalue weighted by atomic mass is 19.4. The van der Waals surface area contributed by atoms with E-state index in [1.165, 1.54) is 0 Å². The molecule has 0 aliphatic carbocycles. The summed E-state index contributed by atoms with van der Waals surface area (Å²) in [4.78, 5) is 26.4. The lowest BCUT2D eigenvalue weighted by atomic mass is 10.1. The number of carbonyl (C=O) groups excluding carboxylic acids is 1. The van der Waals surface area contributed by atoms with Crippen molar-refractivity contribution in [1.29, 1.82) is 0 Å². The molecular weight excluding hydrogens is 443 g/mol. The molecule has 1 aromatic heterocycles. The van der Waals surface area contributed by atoms with E-state index in [0.29, 0.717) is 30.6 Å². The summed E-state index contributed by atoms with van der Waals surface area (Å²) in [6.45, 7) is 0.234. The molecule has 0 atom stereocenters. The van der Waals surface area contributed by atoms with Gasteiger partial charge in [-0.25, -0.2) is 0 Å². The Bertz CT molecular complexity index is 1100. The van der Waals surface area contributed by atoms with Crippen molar-refractivity contribution in [3.63, 3.8) is 0 Å². The molecule has 0 spiro atoms. The first kappa shape index (κ1) is 23.7. The monoisotopic (exact) mass is 463 g/mol. The van der Waals surface area contributed by atoms with Crippen molar-refractivity contribution in [2.24, 2.45) is 0 Å². The minimum absolute atomic E-state index is 0.0622. The summed E-state index contributed by atoms with van der Waals surface area (Å²) in [7, 11) is 0. The fraction of sp³-hybridized carbons (Fsp3) is 0.286. The van der Waals surface area contributed by atoms with Gasteiger partial charge in [0.1, 0.15) is 5.69 Å². The third kappa shape index (κ3) is 6.76. The molecule has 3 rings (SSSR count). The summed E-state index contributed by atoms with van der Waals surface area (Å²) < 4.78 is 43.4. The van der Waals surface area contributed by atoms with Gasteiger partial charge in [-0.05, 0) is 18.6 Å². The average molecular weight is 463 g/mol. The van der Waals surface area contributed by atoms with E-state index in [0.717, 1.165) is 17.7 Å². The number of hydrogen-bond acceptors (Lipinski definition) is 7. The van der Waals surface area contributed by atoms with E-state index in [9.17, 15) is 28.1 Å². The summed E-state index contributed by atoms with van der Waals surface area (Å²) >= 11 is 0. The zero-order valence-electron chi connectivity index (χ0n) is 17.3. The first-order chi connectivity index (χ1) is 15.7. The predicted octanol–water partition coefficient (Wildman–Crippen LogP) is 4.21. The first-order valence-corrected chi connectivity index (χ1v) is 9.98. The lowest BCUT2D eigenvalue weighted by Crippen LogP contribution is -2.28. The summed E-state index contributed by atoms with van der Waals surface area (Å²) in [6.07, 6.45) is -3.59. The number of alkyl halides is 3. The number of hydrogen-bond donors (Lipinski definition) is 2. The third-order valence-electron chi connectivity index (χ3n) is 4.58. The van der Waals surface area contributed by atoms with Crippen LogP contribution >= 0.6 is 0 Å². The SMILES string of the molecule is O=C(CCCc1nc(-c2ccccc2)no1)NCCNc1ccc(C(F)(F)F)cc1[N+](=O)[O-]. The third-order valence-corrected chi connectivity index (χ3v) is 4.58. The van der Waals surface area contributed by atoms with Crippen molar-refractivity contribution in [2.45, 2.75) is 25.4 Å². The number of benzene rings is 2. The standard InChI is InChI=1S/C21H20F3N5O4/c22-21(23,24)15-9-10-16(17(13-15)29(31)32)25-11-12-26-18(30)7-4-8-19-27-20(28-33-19)14-5-2-1-3-6-14/h1-3,5-6,9-10,13,25H,4,7-8,11-12H2,(H,26,30). The van der Waals surface area contributed by atoms with Gasteiger partial charge in [0.05, 0.1) is 10.5 Å². The van der Waals surface area contributed by atoms with E-state index >= 15 is 0 Å². The van der Waals surface area contributed by atoms with Crippen LogP contribution in [0.1, 0.15) is 24.3 Å². The zero-order chi connectivity index (χ0) is 23.8. The summed E-state index contributed by atoms with van der Waals surface area (Å²) in [5.74, 6) is 0.637. The van der Waals surface area contributed by atoms with Gasteiger partial charge in [0.25, 0.3) is 5.69 Å². The zero-order valence-corrected chi connectivity index (χ0v) is 17.3. The van der Waals surface area contributed by atoms with Crippen molar-refractivity contribution in [3.8, 4) is 11.4 Å². The van der Waals surface area contributed by atoms with Crippen LogP contribution in [-0.2, 0) is 17.4 Å². The van der Waals surface area contributed by atoms with Gasteiger partial charge in [-0.2, -0.15) is 18.2 Å². The molecule has 0 fully saturated rings. The molecule has 2 aromatic carbocycles. The van der Waals surface area contributed by atoms with Crippen LogP contribution in [0.2, 0.25) is 0 Å². The number of nitro benzene ring substituents is 1. The Morgan fingerprint density at radius 3 is 2.58 bits per heavy atom. The van der Waals surface area contributed by atoms with Gasteiger partial charge >= 0.3 is 6.18 Å². The molecule has 0 saturated heterocycles. The maximum Gasteiger partial charge on any atom is 0.416 e. The van der Waals surface area contributed by atoms with Crippen LogP contribution < -0.4 is 10.6 Å². The molecule has 2 N–H and O–H groups in total. The van der Waals surface area contributed by atoms with E-state index in [1.807, 2.05) is 30.3 Å². The van der Waals surface area contributed by atoms with Gasteiger partial charge in [-0.3, -0.25) is 14.9 Å². The smallest absolute Gasteiger partial charge is 0.378 e. The Hall–Kier alpha value is -3.96. The lowest BCUT2D eigenvalue weighted by Gasteiger charge is -2.11. The van der Waals surface area contributed by atoms with E-state index in [4.69, 9.17) is 4.52 Å². The second kappa shape index (κ2) is 10.6. The number of rotatable bonds is 10. The van der Waals surface area contributed by atoms with E-state index in [2.05, 4.69) is 20.8 Å². The van der Waals surface area contributed by atoms with Crippen molar-refractivity contribution in [2.75, 3.05) is 18.4 Å². The number of nitrogens with zero attached hydrogens (tertiary/aromatic N) is 3. The second-order valence-corrected chi connectivity index (χ2v) is 6.99. The molecule has 0 unspecified atom stereocenters. The van der Waals surface area contributed by atoms with Crippen molar-refractivity contribution >= 4 is 17.3 Å². The Kier molecular flexibility index (Phi) is 7.59. The molecule has 1 amide bonds. The van der Waals surface area contributed by atoms with Crippen LogP contribution in [0.15, 0.2) is 53.1 Å². The fourth-order valence-corrected chi connectivity index (χ4v) is 2.96. The number of anilines is 1. The average Bonchev–Trinajstić information content (AvgIpc) is 3.25. The quantitative estimate of drug-likeness (QED) is 0.262. The van der Waals surface area contributed by atoms with Crippen molar-refractivity contribution < 1.29 is 27.4 Å². The molecule has 3 aromatic rings. The Balaban J connectivity index is 1.40. The highest BCUT2D eigenvalue weighted by molar-refractivity contribution is 5.75. The Morgan fingerprint density at radius 2 is 1.88 bits per heavy atom. The fourth-order valence-electron chi connectivity index (χ4n) is 2.96. The minimum Gasteiger partial charge on any atom is -0.378 e. The largest absolute Gasteiger partial charge is 0.416 e. The molecule has 12 heteroatoms. The summed E-state index contributed by atoms with van der Waals surface area (Å²) in [5.41, 5.74) is -1.03. The van der Waals surface area contributed by atoms with Crippen molar-refractivity contribution in [1.82, 2.24) is 15.5 Å². The van der Waals surface area contributed by atoms with E-state index in [1.54, 1.807) is 0 Å². The normalized spacial score (nSPS) is 11.2. The molecule has 33 heavy (non-hydrogen) atoms. The number of aryl methyl sites for hydroxylation is 1. The van der Waals surface area contributed by atoms with E-state index in [-0.39, 0.29) is 31.1 Å². The number of carbonyl (C=O) groups is 1. The summed E-state index contributed by atoms with van der Waals surface area (Å²) in [5, 5.41) is 20.3. The molecule has 174 valence electrons. The minimum atomic E-state index is -4.68. The molecule has 9 nitrogen and oxygen atoms in total. The van der Waals surface area contributed by atoms with Crippen molar-refractivity contribution in [3.05, 3.63) is 70.1 Å². The second-order valence-electron chi connectivity index (χ2n) is 6.99. The first-order valence-electron chi connectivity index (χ1n) is 9.98. The maximum atomic E-state index is 12.7. The van der Waals surface area contributed by atoms with Gasteiger partial charge in [-0.15, -0.1) is 0 Å². The van der Waals surface area contributed by atoms with Gasteiger partial charge in [0, 0.05) is 37.6 Å². The topological polar surface area (TPSA) is 123 Å².